The van der Waals surface area contributed by atoms with Crippen LogP contribution < -0.4 is 14.8 Å². The van der Waals surface area contributed by atoms with Crippen LogP contribution >= 0.6 is 0 Å². The molecule has 1 atom stereocenters. The minimum absolute atomic E-state index is 0.371. The Bertz CT molecular complexity index is 790. The van der Waals surface area contributed by atoms with Gasteiger partial charge in [-0.3, -0.25) is 4.79 Å². The maximum absolute atomic E-state index is 12.7. The monoisotopic (exact) mass is 341 g/mol. The van der Waals surface area contributed by atoms with Crippen LogP contribution in [0.5, 0.6) is 11.5 Å². The van der Waals surface area contributed by atoms with Gasteiger partial charge in [0.05, 0.1) is 7.11 Å². The topological polar surface area (TPSA) is 73.9 Å². The van der Waals surface area contributed by atoms with Crippen molar-refractivity contribution in [2.24, 2.45) is 0 Å². The number of esters is 1. The fourth-order valence-electron chi connectivity index (χ4n) is 2.70. The van der Waals surface area contributed by atoms with Gasteiger partial charge in [-0.1, -0.05) is 30.3 Å². The molecule has 1 aliphatic heterocycles. The number of methoxy groups -OCH3 is 1. The Kier molecular flexibility index (Phi) is 4.61. The zero-order valence-electron chi connectivity index (χ0n) is 14.1. The van der Waals surface area contributed by atoms with Gasteiger partial charge in [-0.2, -0.15) is 0 Å². The molecule has 6 nitrogen and oxygen atoms in total. The highest BCUT2D eigenvalue weighted by Crippen LogP contribution is 2.31. The van der Waals surface area contributed by atoms with Crippen molar-refractivity contribution >= 4 is 11.9 Å². The van der Waals surface area contributed by atoms with E-state index in [1.807, 2.05) is 6.07 Å². The zero-order valence-corrected chi connectivity index (χ0v) is 14.1. The largest absolute Gasteiger partial charge is 0.486 e. The minimum atomic E-state index is -1.31. The standard InChI is InChI=1S/C19H19NO5/c1-19(18(22)23-2,14-6-4-3-5-7-14)20-17(21)13-8-9-15-16(12-13)25-11-10-24-15/h3-9,12H,10-11H2,1-2H3,(H,20,21)/t19-/m1/s1. The van der Waals surface area contributed by atoms with Crippen LogP contribution in [-0.2, 0) is 15.1 Å². The van der Waals surface area contributed by atoms with Gasteiger partial charge in [-0.15, -0.1) is 0 Å². The number of benzene rings is 2. The number of rotatable bonds is 4. The first-order chi connectivity index (χ1) is 12.0. The van der Waals surface area contributed by atoms with Gasteiger partial charge in [0.15, 0.2) is 17.0 Å². The van der Waals surface area contributed by atoms with Crippen molar-refractivity contribution < 1.29 is 23.8 Å². The number of carbonyl (C=O) groups excluding carboxylic acids is 2. The van der Waals surface area contributed by atoms with E-state index in [0.717, 1.165) is 0 Å². The quantitative estimate of drug-likeness (QED) is 0.864. The Morgan fingerprint density at radius 3 is 2.40 bits per heavy atom. The number of nitrogens with one attached hydrogen (secondary N) is 1. The summed E-state index contributed by atoms with van der Waals surface area (Å²) in [6.45, 7) is 2.53. The number of hydrogen-bond acceptors (Lipinski definition) is 5. The molecule has 3 rings (SSSR count). The van der Waals surface area contributed by atoms with Gasteiger partial charge < -0.3 is 19.5 Å². The summed E-state index contributed by atoms with van der Waals surface area (Å²) in [5.41, 5.74) is -0.302. The molecule has 1 amide bonds. The Morgan fingerprint density at radius 1 is 1.04 bits per heavy atom. The van der Waals surface area contributed by atoms with Gasteiger partial charge in [-0.05, 0) is 30.7 Å². The minimum Gasteiger partial charge on any atom is -0.486 e. The molecule has 0 spiro atoms. The Balaban J connectivity index is 1.89. The van der Waals surface area contributed by atoms with Crippen molar-refractivity contribution in [3.63, 3.8) is 0 Å². The lowest BCUT2D eigenvalue weighted by atomic mass is 9.91. The second-order valence-electron chi connectivity index (χ2n) is 5.80. The average molecular weight is 341 g/mol. The third-order valence-corrected chi connectivity index (χ3v) is 4.11. The highest BCUT2D eigenvalue weighted by molar-refractivity contribution is 5.98. The fraction of sp³-hybridized carbons (Fsp3) is 0.263. The molecule has 2 aromatic carbocycles. The van der Waals surface area contributed by atoms with Crippen LogP contribution in [0.2, 0.25) is 0 Å². The number of carbonyl (C=O) groups is 2. The lowest BCUT2D eigenvalue weighted by molar-refractivity contribution is -0.148. The molecule has 1 N–H and O–H groups in total. The molecule has 0 aromatic heterocycles. The summed E-state index contributed by atoms with van der Waals surface area (Å²) in [7, 11) is 1.29. The first kappa shape index (κ1) is 16.8. The van der Waals surface area contributed by atoms with Crippen molar-refractivity contribution in [2.75, 3.05) is 20.3 Å². The molecule has 2 aromatic rings. The van der Waals surface area contributed by atoms with Crippen molar-refractivity contribution in [2.45, 2.75) is 12.5 Å². The summed E-state index contributed by atoms with van der Waals surface area (Å²) < 4.78 is 15.9. The van der Waals surface area contributed by atoms with E-state index in [1.54, 1.807) is 49.4 Å². The molecule has 0 aliphatic carbocycles. The second kappa shape index (κ2) is 6.84. The summed E-state index contributed by atoms with van der Waals surface area (Å²) in [6, 6.07) is 13.9. The van der Waals surface area contributed by atoms with Crippen LogP contribution in [0.1, 0.15) is 22.8 Å². The summed E-state index contributed by atoms with van der Waals surface area (Å²) in [4.78, 5) is 25.1. The highest BCUT2D eigenvalue weighted by Gasteiger charge is 2.38. The van der Waals surface area contributed by atoms with Gasteiger partial charge in [0.2, 0.25) is 0 Å². The van der Waals surface area contributed by atoms with E-state index >= 15 is 0 Å². The Hall–Kier alpha value is -3.02. The lowest BCUT2D eigenvalue weighted by Gasteiger charge is -2.28. The van der Waals surface area contributed by atoms with E-state index in [2.05, 4.69) is 5.32 Å². The van der Waals surface area contributed by atoms with E-state index in [-0.39, 0.29) is 0 Å². The molecule has 25 heavy (non-hydrogen) atoms. The SMILES string of the molecule is COC(=O)[C@](C)(NC(=O)c1ccc2c(c1)OCCO2)c1ccccc1. The molecule has 0 unspecified atom stereocenters. The van der Waals surface area contributed by atoms with Crippen LogP contribution in [0.25, 0.3) is 0 Å². The van der Waals surface area contributed by atoms with Gasteiger partial charge >= 0.3 is 5.97 Å². The molecule has 0 fully saturated rings. The second-order valence-corrected chi connectivity index (χ2v) is 5.80. The van der Waals surface area contributed by atoms with Crippen molar-refractivity contribution in [3.8, 4) is 11.5 Å². The molecule has 0 radical (unpaired) electrons. The number of fused-ring (bicyclic) bond motifs is 1. The maximum Gasteiger partial charge on any atom is 0.336 e. The van der Waals surface area contributed by atoms with Crippen molar-refractivity contribution in [3.05, 3.63) is 59.7 Å². The molecular formula is C19H19NO5. The zero-order chi connectivity index (χ0) is 17.9. The van der Waals surface area contributed by atoms with E-state index < -0.39 is 17.4 Å². The number of amides is 1. The van der Waals surface area contributed by atoms with E-state index in [1.165, 1.54) is 7.11 Å². The number of hydrogen-bond donors (Lipinski definition) is 1. The molecule has 1 heterocycles. The third kappa shape index (κ3) is 3.28. The van der Waals surface area contributed by atoms with Crippen molar-refractivity contribution in [1.82, 2.24) is 5.32 Å². The Morgan fingerprint density at radius 2 is 1.72 bits per heavy atom. The summed E-state index contributed by atoms with van der Waals surface area (Å²) >= 11 is 0. The van der Waals surface area contributed by atoms with Crippen molar-refractivity contribution in [1.29, 1.82) is 0 Å². The first-order valence-electron chi connectivity index (χ1n) is 7.90. The van der Waals surface area contributed by atoms with Gasteiger partial charge in [-0.25, -0.2) is 4.79 Å². The Labute approximate surface area is 145 Å². The van der Waals surface area contributed by atoms with Gasteiger partial charge in [0, 0.05) is 5.56 Å². The predicted molar refractivity (Wildman–Crippen MR) is 90.7 cm³/mol. The summed E-state index contributed by atoms with van der Waals surface area (Å²) in [5.74, 6) is 0.151. The molecule has 6 heteroatoms. The highest BCUT2D eigenvalue weighted by atomic mass is 16.6. The lowest BCUT2D eigenvalue weighted by Crippen LogP contribution is -2.50. The number of ether oxygens (including phenoxy) is 3. The maximum atomic E-state index is 12.7. The molecule has 0 saturated heterocycles. The van der Waals surface area contributed by atoms with Crippen LogP contribution in [0.3, 0.4) is 0 Å². The molecular weight excluding hydrogens is 322 g/mol. The van der Waals surface area contributed by atoms with E-state index in [4.69, 9.17) is 14.2 Å². The third-order valence-electron chi connectivity index (χ3n) is 4.11. The van der Waals surface area contributed by atoms with Crippen LogP contribution in [0.15, 0.2) is 48.5 Å². The van der Waals surface area contributed by atoms with Crippen LogP contribution in [0.4, 0.5) is 0 Å². The average Bonchev–Trinajstić information content (AvgIpc) is 2.67. The first-order valence-corrected chi connectivity index (χ1v) is 7.90. The summed E-state index contributed by atoms with van der Waals surface area (Å²) in [6.07, 6.45) is 0. The summed E-state index contributed by atoms with van der Waals surface area (Å²) in [5, 5.41) is 2.77. The fourth-order valence-corrected chi connectivity index (χ4v) is 2.70. The van der Waals surface area contributed by atoms with Crippen LogP contribution in [-0.4, -0.2) is 32.2 Å². The molecule has 0 saturated carbocycles. The molecule has 1 aliphatic rings. The van der Waals surface area contributed by atoms with E-state index in [9.17, 15) is 9.59 Å². The van der Waals surface area contributed by atoms with Gasteiger partial charge in [0.1, 0.15) is 13.2 Å². The molecule has 0 bridgehead atoms. The smallest absolute Gasteiger partial charge is 0.336 e. The predicted octanol–water partition coefficient (Wildman–Crippen LogP) is 2.28. The normalized spacial score (nSPS) is 15.0. The van der Waals surface area contributed by atoms with Crippen LogP contribution in [0, 0.1) is 0 Å². The van der Waals surface area contributed by atoms with E-state index in [0.29, 0.717) is 35.8 Å². The molecule has 130 valence electrons. The van der Waals surface area contributed by atoms with Gasteiger partial charge in [0.25, 0.3) is 5.91 Å².